The number of rotatable bonds is 4. The van der Waals surface area contributed by atoms with Crippen LogP contribution in [0.2, 0.25) is 0 Å². The van der Waals surface area contributed by atoms with Crippen LogP contribution < -0.4 is 5.32 Å². The minimum absolute atomic E-state index is 0.0929. The van der Waals surface area contributed by atoms with Gasteiger partial charge in [0.2, 0.25) is 14.9 Å². The van der Waals surface area contributed by atoms with Gasteiger partial charge in [0.15, 0.2) is 10.9 Å². The van der Waals surface area contributed by atoms with E-state index in [9.17, 15) is 13.2 Å². The molecule has 0 aliphatic rings. The molecule has 8 heteroatoms. The Kier molecular flexibility index (Phi) is 3.78. The molecular weight excluding hydrogens is 324 g/mol. The van der Waals surface area contributed by atoms with Crippen molar-refractivity contribution in [3.05, 3.63) is 59.8 Å². The highest BCUT2D eigenvalue weighted by Gasteiger charge is 2.23. The van der Waals surface area contributed by atoms with Crippen molar-refractivity contribution in [1.82, 2.24) is 4.98 Å². The summed E-state index contributed by atoms with van der Waals surface area (Å²) >= 11 is 1.25. The van der Waals surface area contributed by atoms with E-state index in [4.69, 9.17) is 4.42 Å². The fourth-order valence-electron chi connectivity index (χ4n) is 1.75. The third-order valence-electron chi connectivity index (χ3n) is 2.78. The van der Waals surface area contributed by atoms with Gasteiger partial charge in [0.05, 0.1) is 4.90 Å². The van der Waals surface area contributed by atoms with Crippen LogP contribution in [-0.2, 0) is 9.84 Å². The number of amides is 1. The number of nitrogens with one attached hydrogen (secondary N) is 1. The van der Waals surface area contributed by atoms with E-state index in [1.165, 1.54) is 35.6 Å². The number of carbonyl (C=O) groups excluding carboxylic acids is 1. The summed E-state index contributed by atoms with van der Waals surface area (Å²) in [4.78, 5) is 16.0. The summed E-state index contributed by atoms with van der Waals surface area (Å²) in [5, 5.41) is 4.37. The zero-order valence-corrected chi connectivity index (χ0v) is 12.7. The van der Waals surface area contributed by atoms with Crippen molar-refractivity contribution in [2.45, 2.75) is 9.99 Å². The molecule has 0 atom stereocenters. The summed E-state index contributed by atoms with van der Waals surface area (Å²) < 4.78 is 29.9. The Hall–Kier alpha value is -2.45. The summed E-state index contributed by atoms with van der Waals surface area (Å²) in [6.07, 6.45) is 1.55. The number of anilines is 1. The maximum Gasteiger partial charge on any atom is 0.293 e. The van der Waals surface area contributed by atoms with Crippen LogP contribution in [0.15, 0.2) is 68.4 Å². The lowest BCUT2D eigenvalue weighted by atomic mass is 10.4. The number of thiazole rings is 1. The molecule has 2 aromatic heterocycles. The van der Waals surface area contributed by atoms with Gasteiger partial charge in [-0.25, -0.2) is 13.4 Å². The number of carbonyl (C=O) groups is 1. The normalized spacial score (nSPS) is 11.3. The summed E-state index contributed by atoms with van der Waals surface area (Å²) in [5.41, 5.74) is 0. The highest BCUT2D eigenvalue weighted by atomic mass is 32.2. The molecule has 0 aliphatic heterocycles. The average Bonchev–Trinajstić information content (AvgIpc) is 3.19. The molecule has 2 heterocycles. The van der Waals surface area contributed by atoms with Crippen LogP contribution >= 0.6 is 11.3 Å². The minimum Gasteiger partial charge on any atom is -0.439 e. The summed E-state index contributed by atoms with van der Waals surface area (Å²) in [6, 6.07) is 10.5. The predicted octanol–water partition coefficient (Wildman–Crippen LogP) is 2.82. The first-order valence-electron chi connectivity index (χ1n) is 6.18. The maximum atomic E-state index is 12.4. The van der Waals surface area contributed by atoms with Crippen molar-refractivity contribution in [1.29, 1.82) is 0 Å². The number of sulfone groups is 1. The highest BCUT2D eigenvalue weighted by molar-refractivity contribution is 7.91. The van der Waals surface area contributed by atoms with E-state index in [0.717, 1.165) is 0 Å². The molecule has 0 radical (unpaired) electrons. The Morgan fingerprint density at radius 3 is 2.59 bits per heavy atom. The Bertz CT molecular complexity index is 884. The van der Waals surface area contributed by atoms with E-state index < -0.39 is 15.7 Å². The lowest BCUT2D eigenvalue weighted by Crippen LogP contribution is -2.10. The van der Waals surface area contributed by atoms with E-state index in [1.54, 1.807) is 29.8 Å². The van der Waals surface area contributed by atoms with Gasteiger partial charge in [-0.05, 0) is 24.3 Å². The molecule has 3 rings (SSSR count). The fourth-order valence-corrected chi connectivity index (χ4v) is 3.46. The van der Waals surface area contributed by atoms with Crippen molar-refractivity contribution in [3.8, 4) is 0 Å². The van der Waals surface area contributed by atoms with E-state index >= 15 is 0 Å². The first-order chi connectivity index (χ1) is 10.6. The molecule has 0 fully saturated rings. The second-order valence-electron chi connectivity index (χ2n) is 4.23. The SMILES string of the molecule is O=C(Nc1nccs1)c1ccc(S(=O)(=O)c2ccccc2)o1. The number of hydrogen-bond acceptors (Lipinski definition) is 6. The van der Waals surface area contributed by atoms with Crippen LogP contribution in [-0.4, -0.2) is 19.3 Å². The Labute approximate surface area is 130 Å². The van der Waals surface area contributed by atoms with Crippen LogP contribution in [0, 0.1) is 0 Å². The van der Waals surface area contributed by atoms with E-state index in [1.807, 2.05) is 0 Å². The molecule has 22 heavy (non-hydrogen) atoms. The average molecular weight is 334 g/mol. The van der Waals surface area contributed by atoms with Crippen molar-refractivity contribution in [2.24, 2.45) is 0 Å². The summed E-state index contributed by atoms with van der Waals surface area (Å²) in [5.74, 6) is -0.644. The molecule has 0 unspecified atom stereocenters. The third kappa shape index (κ3) is 2.78. The second-order valence-corrected chi connectivity index (χ2v) is 7.00. The number of benzene rings is 1. The van der Waals surface area contributed by atoms with E-state index in [0.29, 0.717) is 5.13 Å². The topological polar surface area (TPSA) is 89.3 Å². The van der Waals surface area contributed by atoms with Gasteiger partial charge in [0, 0.05) is 11.6 Å². The van der Waals surface area contributed by atoms with Crippen molar-refractivity contribution < 1.29 is 17.6 Å². The molecule has 112 valence electrons. The van der Waals surface area contributed by atoms with Crippen LogP contribution in [0.1, 0.15) is 10.6 Å². The minimum atomic E-state index is -3.77. The molecule has 1 aromatic carbocycles. The van der Waals surface area contributed by atoms with Gasteiger partial charge in [0.25, 0.3) is 5.91 Å². The van der Waals surface area contributed by atoms with Crippen molar-refractivity contribution in [2.75, 3.05) is 5.32 Å². The molecular formula is C14H10N2O4S2. The molecule has 0 saturated carbocycles. The zero-order chi connectivity index (χ0) is 15.6. The van der Waals surface area contributed by atoms with Gasteiger partial charge >= 0.3 is 0 Å². The first-order valence-corrected chi connectivity index (χ1v) is 8.54. The number of nitrogens with zero attached hydrogens (tertiary/aromatic N) is 1. The van der Waals surface area contributed by atoms with Crippen LogP contribution in [0.4, 0.5) is 5.13 Å². The number of furan rings is 1. The fraction of sp³-hybridized carbons (Fsp3) is 0. The Morgan fingerprint density at radius 2 is 1.91 bits per heavy atom. The zero-order valence-electron chi connectivity index (χ0n) is 11.1. The molecule has 0 bridgehead atoms. The van der Waals surface area contributed by atoms with Gasteiger partial charge in [-0.2, -0.15) is 0 Å². The first kappa shape index (κ1) is 14.5. The van der Waals surface area contributed by atoms with Gasteiger partial charge in [-0.1, -0.05) is 18.2 Å². The Balaban J connectivity index is 1.86. The number of aromatic nitrogens is 1. The second kappa shape index (κ2) is 5.74. The quantitative estimate of drug-likeness (QED) is 0.792. The molecule has 1 amide bonds. The summed E-state index contributed by atoms with van der Waals surface area (Å²) in [6.45, 7) is 0. The Morgan fingerprint density at radius 1 is 1.14 bits per heavy atom. The van der Waals surface area contributed by atoms with Gasteiger partial charge in [-0.15, -0.1) is 11.3 Å². The molecule has 1 N–H and O–H groups in total. The van der Waals surface area contributed by atoms with Crippen molar-refractivity contribution >= 4 is 32.2 Å². The third-order valence-corrected chi connectivity index (χ3v) is 5.11. The standard InChI is InChI=1S/C14H10N2O4S2/c17-13(16-14-15-8-9-21-14)11-6-7-12(20-11)22(18,19)10-4-2-1-3-5-10/h1-9H,(H,15,16,17). The largest absolute Gasteiger partial charge is 0.439 e. The molecule has 0 saturated heterocycles. The van der Waals surface area contributed by atoms with Crippen molar-refractivity contribution in [3.63, 3.8) is 0 Å². The predicted molar refractivity (Wildman–Crippen MR) is 80.7 cm³/mol. The lowest BCUT2D eigenvalue weighted by Gasteiger charge is -2.01. The smallest absolute Gasteiger partial charge is 0.293 e. The maximum absolute atomic E-state index is 12.4. The van der Waals surface area contributed by atoms with E-state index in [2.05, 4.69) is 10.3 Å². The monoisotopic (exact) mass is 334 g/mol. The van der Waals surface area contributed by atoms with Crippen LogP contribution in [0.25, 0.3) is 0 Å². The lowest BCUT2D eigenvalue weighted by molar-refractivity contribution is 0.0991. The summed E-state index contributed by atoms with van der Waals surface area (Å²) in [7, 11) is -3.77. The molecule has 0 spiro atoms. The van der Waals surface area contributed by atoms with E-state index in [-0.39, 0.29) is 15.7 Å². The molecule has 0 aliphatic carbocycles. The highest BCUT2D eigenvalue weighted by Crippen LogP contribution is 2.23. The molecule has 6 nitrogen and oxygen atoms in total. The van der Waals surface area contributed by atoms with Crippen LogP contribution in [0.5, 0.6) is 0 Å². The number of hydrogen-bond donors (Lipinski definition) is 1. The van der Waals surface area contributed by atoms with Gasteiger partial charge in [-0.3, -0.25) is 10.1 Å². The van der Waals surface area contributed by atoms with Crippen LogP contribution in [0.3, 0.4) is 0 Å². The van der Waals surface area contributed by atoms with Gasteiger partial charge in [0.1, 0.15) is 0 Å². The van der Waals surface area contributed by atoms with Gasteiger partial charge < -0.3 is 4.42 Å². The molecule has 3 aromatic rings.